The van der Waals surface area contributed by atoms with Gasteiger partial charge in [-0.05, 0) is 26.7 Å². The van der Waals surface area contributed by atoms with Crippen molar-refractivity contribution in [3.8, 4) is 0 Å². The monoisotopic (exact) mass is 351 g/mol. The molecule has 0 saturated carbocycles. The topological polar surface area (TPSA) is 64.0 Å². The minimum absolute atomic E-state index is 0.0964. The lowest BCUT2D eigenvalue weighted by Crippen LogP contribution is -2.49. The summed E-state index contributed by atoms with van der Waals surface area (Å²) in [5.74, 6) is 0.709. The third-order valence-electron chi connectivity index (χ3n) is 3.53. The van der Waals surface area contributed by atoms with E-state index in [1.54, 1.807) is 13.1 Å². The molecule has 0 saturated heterocycles. The Morgan fingerprint density at radius 2 is 1.95 bits per heavy atom. The zero-order valence-corrected chi connectivity index (χ0v) is 14.3. The molecule has 0 bridgehead atoms. The van der Waals surface area contributed by atoms with Gasteiger partial charge in [-0.1, -0.05) is 29.8 Å². The van der Waals surface area contributed by atoms with Crippen molar-refractivity contribution in [3.63, 3.8) is 0 Å². The molecule has 0 amide bonds. The third-order valence-corrected chi connectivity index (χ3v) is 6.05. The summed E-state index contributed by atoms with van der Waals surface area (Å²) >= 11 is 3.40. The average Bonchev–Trinajstić information content (AvgIpc) is 2.78. The number of alkyl halides is 1. The molecule has 5 nitrogen and oxygen atoms in total. The molecule has 0 aromatic carbocycles. The Labute approximate surface area is 124 Å². The van der Waals surface area contributed by atoms with Gasteiger partial charge in [0.2, 0.25) is 0 Å². The van der Waals surface area contributed by atoms with Gasteiger partial charge < -0.3 is 4.57 Å². The van der Waals surface area contributed by atoms with Crippen molar-refractivity contribution in [1.29, 1.82) is 0 Å². The van der Waals surface area contributed by atoms with Crippen molar-refractivity contribution in [2.45, 2.75) is 57.6 Å². The largest absolute Gasteiger partial charge is 0.334 e. The van der Waals surface area contributed by atoms with Crippen LogP contribution in [0.3, 0.4) is 0 Å². The summed E-state index contributed by atoms with van der Waals surface area (Å²) in [6, 6.07) is 0. The number of aryl methyl sites for hydroxylation is 2. The van der Waals surface area contributed by atoms with Crippen molar-refractivity contribution < 1.29 is 8.42 Å². The third kappa shape index (κ3) is 3.58. The molecule has 0 atom stereocenters. The van der Waals surface area contributed by atoms with E-state index in [9.17, 15) is 8.42 Å². The van der Waals surface area contributed by atoms with Crippen LogP contribution < -0.4 is 4.72 Å². The SMILES string of the molecule is CCn1cc(S(=O)(=O)NC(CC)(CC)CBr)nc1C. The van der Waals surface area contributed by atoms with Gasteiger partial charge in [0.15, 0.2) is 5.03 Å². The number of sulfonamides is 1. The number of rotatable bonds is 7. The molecule has 1 N–H and O–H groups in total. The van der Waals surface area contributed by atoms with E-state index in [0.29, 0.717) is 17.7 Å². The van der Waals surface area contributed by atoms with Gasteiger partial charge in [-0.3, -0.25) is 0 Å². The van der Waals surface area contributed by atoms with E-state index in [1.165, 1.54) is 0 Å². The van der Waals surface area contributed by atoms with E-state index in [-0.39, 0.29) is 5.03 Å². The molecular weight excluding hydrogens is 330 g/mol. The maximum Gasteiger partial charge on any atom is 0.260 e. The fraction of sp³-hybridized carbons (Fsp3) is 0.750. The molecule has 1 aromatic rings. The van der Waals surface area contributed by atoms with Crippen LogP contribution in [0.15, 0.2) is 11.2 Å². The van der Waals surface area contributed by atoms with Gasteiger partial charge in [-0.25, -0.2) is 18.1 Å². The molecule has 0 aliphatic rings. The molecule has 0 radical (unpaired) electrons. The highest BCUT2D eigenvalue weighted by Gasteiger charge is 2.32. The Bertz CT molecular complexity index is 513. The molecule has 0 unspecified atom stereocenters. The quantitative estimate of drug-likeness (QED) is 0.767. The van der Waals surface area contributed by atoms with Crippen molar-refractivity contribution in [3.05, 3.63) is 12.0 Å². The highest BCUT2D eigenvalue weighted by atomic mass is 79.9. The Morgan fingerprint density at radius 1 is 1.37 bits per heavy atom. The number of nitrogens with one attached hydrogen (secondary N) is 1. The second kappa shape index (κ2) is 6.37. The summed E-state index contributed by atoms with van der Waals surface area (Å²) in [4.78, 5) is 4.14. The molecular formula is C12H22BrN3O2S. The second-order valence-electron chi connectivity index (χ2n) is 4.64. The molecule has 1 heterocycles. The van der Waals surface area contributed by atoms with Crippen molar-refractivity contribution in [2.75, 3.05) is 5.33 Å². The molecule has 19 heavy (non-hydrogen) atoms. The standard InChI is InChI=1S/C12H22BrN3O2S/c1-5-12(6-2,9-13)15-19(17,18)11-8-16(7-3)10(4)14-11/h8,15H,5-7,9H2,1-4H3. The van der Waals surface area contributed by atoms with Gasteiger partial charge in [0.25, 0.3) is 10.0 Å². The van der Waals surface area contributed by atoms with E-state index in [2.05, 4.69) is 25.6 Å². The summed E-state index contributed by atoms with van der Waals surface area (Å²) < 4.78 is 29.4. The van der Waals surface area contributed by atoms with Crippen molar-refractivity contribution in [1.82, 2.24) is 14.3 Å². The highest BCUT2D eigenvalue weighted by molar-refractivity contribution is 9.09. The zero-order valence-electron chi connectivity index (χ0n) is 11.9. The number of halogens is 1. The lowest BCUT2D eigenvalue weighted by Gasteiger charge is -2.29. The molecule has 0 aliphatic heterocycles. The molecule has 0 fully saturated rings. The number of hydrogen-bond acceptors (Lipinski definition) is 3. The van der Waals surface area contributed by atoms with Crippen LogP contribution in [0.5, 0.6) is 0 Å². The minimum Gasteiger partial charge on any atom is -0.334 e. The van der Waals surface area contributed by atoms with Crippen molar-refractivity contribution >= 4 is 26.0 Å². The summed E-state index contributed by atoms with van der Waals surface area (Å²) in [5.41, 5.74) is -0.456. The first-order valence-electron chi connectivity index (χ1n) is 6.47. The van der Waals surface area contributed by atoms with E-state index in [0.717, 1.165) is 12.8 Å². The fourth-order valence-corrected chi connectivity index (χ4v) is 4.55. The Balaban J connectivity index is 3.10. The Hall–Kier alpha value is -0.400. The first-order chi connectivity index (χ1) is 8.84. The van der Waals surface area contributed by atoms with Crippen LogP contribution in [0.2, 0.25) is 0 Å². The van der Waals surface area contributed by atoms with Gasteiger partial charge in [0.1, 0.15) is 5.82 Å². The van der Waals surface area contributed by atoms with Crippen LogP contribution in [0.4, 0.5) is 0 Å². The second-order valence-corrected chi connectivity index (χ2v) is 6.83. The molecule has 1 aromatic heterocycles. The van der Waals surface area contributed by atoms with E-state index < -0.39 is 15.6 Å². The van der Waals surface area contributed by atoms with E-state index in [1.807, 2.05) is 25.3 Å². The van der Waals surface area contributed by atoms with E-state index >= 15 is 0 Å². The maximum absolute atomic E-state index is 12.4. The summed E-state index contributed by atoms with van der Waals surface area (Å²) in [5, 5.41) is 0.679. The highest BCUT2D eigenvalue weighted by Crippen LogP contribution is 2.21. The number of imidazole rings is 1. The first kappa shape index (κ1) is 16.7. The lowest BCUT2D eigenvalue weighted by atomic mass is 9.97. The van der Waals surface area contributed by atoms with Crippen molar-refractivity contribution in [2.24, 2.45) is 0 Å². The van der Waals surface area contributed by atoms with Gasteiger partial charge in [0, 0.05) is 23.6 Å². The van der Waals surface area contributed by atoms with Crippen LogP contribution >= 0.6 is 15.9 Å². The van der Waals surface area contributed by atoms with Crippen LogP contribution in [-0.4, -0.2) is 28.8 Å². The molecule has 0 aliphatic carbocycles. The predicted molar refractivity (Wildman–Crippen MR) is 80.1 cm³/mol. The molecule has 0 spiro atoms. The molecule has 110 valence electrons. The molecule has 7 heteroatoms. The maximum atomic E-state index is 12.4. The Morgan fingerprint density at radius 3 is 2.32 bits per heavy atom. The van der Waals surface area contributed by atoms with Gasteiger partial charge in [-0.2, -0.15) is 0 Å². The van der Waals surface area contributed by atoms with Crippen LogP contribution in [-0.2, 0) is 16.6 Å². The fourth-order valence-electron chi connectivity index (χ4n) is 1.88. The summed E-state index contributed by atoms with van der Waals surface area (Å²) in [7, 11) is -3.58. The van der Waals surface area contributed by atoms with E-state index in [4.69, 9.17) is 0 Å². The smallest absolute Gasteiger partial charge is 0.260 e. The van der Waals surface area contributed by atoms with Gasteiger partial charge in [0.05, 0.1) is 0 Å². The first-order valence-corrected chi connectivity index (χ1v) is 9.08. The van der Waals surface area contributed by atoms with Crippen LogP contribution in [0, 0.1) is 6.92 Å². The molecule has 1 rings (SSSR count). The minimum atomic E-state index is -3.58. The summed E-state index contributed by atoms with van der Waals surface area (Å²) in [6.45, 7) is 8.42. The summed E-state index contributed by atoms with van der Waals surface area (Å²) in [6.07, 6.45) is 3.03. The number of aromatic nitrogens is 2. The van der Waals surface area contributed by atoms with Crippen LogP contribution in [0.25, 0.3) is 0 Å². The Kier molecular flexibility index (Phi) is 5.58. The normalized spacial score (nSPS) is 12.9. The lowest BCUT2D eigenvalue weighted by molar-refractivity contribution is 0.398. The average molecular weight is 352 g/mol. The predicted octanol–water partition coefficient (Wildman–Crippen LogP) is 2.44. The van der Waals surface area contributed by atoms with Crippen LogP contribution in [0.1, 0.15) is 39.4 Å². The number of nitrogens with zero attached hydrogens (tertiary/aromatic N) is 2. The zero-order chi connectivity index (χ0) is 14.7. The van der Waals surface area contributed by atoms with Gasteiger partial charge in [-0.15, -0.1) is 0 Å². The van der Waals surface area contributed by atoms with Gasteiger partial charge >= 0.3 is 0 Å². The number of hydrogen-bond donors (Lipinski definition) is 1.